The maximum atomic E-state index is 12.5. The molecule has 3 rings (SSSR count). The van der Waals surface area contributed by atoms with Gasteiger partial charge in [-0.1, -0.05) is 48.5 Å². The number of benzene rings is 2. The Labute approximate surface area is 165 Å². The molecule has 0 aliphatic heterocycles. The van der Waals surface area contributed by atoms with E-state index in [9.17, 15) is 27.9 Å². The summed E-state index contributed by atoms with van der Waals surface area (Å²) < 4.78 is 42.7. The maximum Gasteiger partial charge on any atom is 0.410 e. The lowest BCUT2D eigenvalue weighted by Gasteiger charge is -2.25. The highest BCUT2D eigenvalue weighted by Crippen LogP contribution is 2.44. The van der Waals surface area contributed by atoms with E-state index >= 15 is 0 Å². The van der Waals surface area contributed by atoms with Gasteiger partial charge in [-0.15, -0.1) is 0 Å². The summed E-state index contributed by atoms with van der Waals surface area (Å²) in [5.74, 6) is -1.73. The minimum Gasteiger partial charge on any atom is -0.480 e. The molecule has 29 heavy (non-hydrogen) atoms. The van der Waals surface area contributed by atoms with Crippen LogP contribution in [0.2, 0.25) is 0 Å². The van der Waals surface area contributed by atoms with Crippen LogP contribution in [0.3, 0.4) is 0 Å². The van der Waals surface area contributed by atoms with Gasteiger partial charge in [0.15, 0.2) is 0 Å². The third-order valence-electron chi connectivity index (χ3n) is 5.08. The molecule has 0 aromatic heterocycles. The fourth-order valence-electron chi connectivity index (χ4n) is 3.61. The number of likely N-dealkylation sites (N-methyl/N-ethyl adjacent to an activating group) is 1. The van der Waals surface area contributed by atoms with Crippen molar-refractivity contribution in [2.24, 2.45) is 0 Å². The fraction of sp³-hybridized carbons (Fsp3) is 0.333. The topological polar surface area (TPSA) is 66.8 Å². The molecule has 1 N–H and O–H groups in total. The molecule has 1 unspecified atom stereocenters. The number of alkyl halides is 3. The van der Waals surface area contributed by atoms with Crippen LogP contribution >= 0.6 is 0 Å². The predicted octanol–water partition coefficient (Wildman–Crippen LogP) is 4.66. The van der Waals surface area contributed by atoms with Crippen molar-refractivity contribution in [3.8, 4) is 11.1 Å². The summed E-state index contributed by atoms with van der Waals surface area (Å²) in [6, 6.07) is 13.8. The summed E-state index contributed by atoms with van der Waals surface area (Å²) in [5, 5.41) is 9.21. The summed E-state index contributed by atoms with van der Waals surface area (Å²) in [7, 11) is 1.13. The van der Waals surface area contributed by atoms with E-state index in [1.54, 1.807) is 0 Å². The number of carboxylic acids is 1. The molecule has 1 aliphatic carbocycles. The van der Waals surface area contributed by atoms with E-state index in [1.807, 2.05) is 48.5 Å². The molecule has 0 saturated heterocycles. The highest BCUT2D eigenvalue weighted by molar-refractivity contribution is 5.81. The highest BCUT2D eigenvalue weighted by atomic mass is 19.4. The van der Waals surface area contributed by atoms with Crippen LogP contribution in [0.15, 0.2) is 48.5 Å². The van der Waals surface area contributed by atoms with Crippen LogP contribution in [-0.4, -0.2) is 47.9 Å². The number of carbonyl (C=O) groups is 2. The monoisotopic (exact) mass is 407 g/mol. The third-order valence-corrected chi connectivity index (χ3v) is 5.08. The molecule has 0 bridgehead atoms. The van der Waals surface area contributed by atoms with Gasteiger partial charge in [0.1, 0.15) is 12.6 Å². The van der Waals surface area contributed by atoms with E-state index in [1.165, 1.54) is 0 Å². The first kappa shape index (κ1) is 20.7. The molecular weight excluding hydrogens is 387 g/mol. The van der Waals surface area contributed by atoms with Crippen LogP contribution in [0.25, 0.3) is 11.1 Å². The zero-order chi connectivity index (χ0) is 21.2. The molecule has 0 spiro atoms. The lowest BCUT2D eigenvalue weighted by Crippen LogP contribution is -2.43. The Balaban J connectivity index is 1.70. The van der Waals surface area contributed by atoms with Crippen LogP contribution < -0.4 is 0 Å². The molecule has 1 amide bonds. The number of fused-ring (bicyclic) bond motifs is 3. The van der Waals surface area contributed by atoms with Gasteiger partial charge >= 0.3 is 18.2 Å². The Morgan fingerprint density at radius 1 is 1.07 bits per heavy atom. The zero-order valence-corrected chi connectivity index (χ0v) is 15.6. The summed E-state index contributed by atoms with van der Waals surface area (Å²) in [6.45, 7) is -0.0389. The number of carboxylic acid groups (broad SMARTS) is 1. The number of aliphatic carboxylic acids is 1. The normalized spacial score (nSPS) is 14.1. The Morgan fingerprint density at radius 3 is 2.07 bits per heavy atom. The minimum atomic E-state index is -4.50. The number of hydrogen-bond acceptors (Lipinski definition) is 3. The molecule has 2 aromatic carbocycles. The van der Waals surface area contributed by atoms with Gasteiger partial charge in [0, 0.05) is 19.4 Å². The second-order valence-corrected chi connectivity index (χ2v) is 6.92. The number of hydrogen-bond donors (Lipinski definition) is 1. The molecule has 0 heterocycles. The summed E-state index contributed by atoms with van der Waals surface area (Å²) in [6.07, 6.45) is -7.51. The van der Waals surface area contributed by atoms with Crippen molar-refractivity contribution in [3.63, 3.8) is 0 Å². The average Bonchev–Trinajstić information content (AvgIpc) is 2.99. The van der Waals surface area contributed by atoms with Crippen LogP contribution in [0.4, 0.5) is 18.0 Å². The second-order valence-electron chi connectivity index (χ2n) is 6.92. The molecule has 8 heteroatoms. The first-order chi connectivity index (χ1) is 13.7. The lowest BCUT2D eigenvalue weighted by atomic mass is 9.98. The number of nitrogens with zero attached hydrogens (tertiary/aromatic N) is 1. The maximum absolute atomic E-state index is 12.5. The number of carbonyl (C=O) groups excluding carboxylic acids is 1. The van der Waals surface area contributed by atoms with Crippen molar-refractivity contribution >= 4 is 12.1 Å². The van der Waals surface area contributed by atoms with E-state index in [2.05, 4.69) is 0 Å². The van der Waals surface area contributed by atoms with Gasteiger partial charge in [0.05, 0.1) is 0 Å². The number of amides is 1. The predicted molar refractivity (Wildman–Crippen MR) is 99.5 cm³/mol. The first-order valence-corrected chi connectivity index (χ1v) is 9.06. The molecule has 0 fully saturated rings. The molecule has 1 atom stereocenters. The standard InChI is InChI=1S/C21H20F3NO4/c1-25(18(19(26)27)10-11-21(22,23)24)20(28)29-12-17-15-8-4-2-6-13(15)14-7-3-5-9-16(14)17/h2-9,17-18H,10-12H2,1H3,(H,26,27). The van der Waals surface area contributed by atoms with E-state index in [4.69, 9.17) is 4.74 Å². The summed E-state index contributed by atoms with van der Waals surface area (Å²) >= 11 is 0. The lowest BCUT2D eigenvalue weighted by molar-refractivity contribution is -0.149. The van der Waals surface area contributed by atoms with Gasteiger partial charge in [-0.2, -0.15) is 13.2 Å². The van der Waals surface area contributed by atoms with Crippen molar-refractivity contribution in [2.75, 3.05) is 13.7 Å². The van der Waals surface area contributed by atoms with Gasteiger partial charge in [-0.25, -0.2) is 9.59 Å². The molecule has 0 saturated carbocycles. The van der Waals surface area contributed by atoms with E-state index in [0.29, 0.717) is 4.90 Å². The minimum absolute atomic E-state index is 0.0389. The van der Waals surface area contributed by atoms with Crippen LogP contribution in [0.5, 0.6) is 0 Å². The second kappa shape index (κ2) is 8.14. The largest absolute Gasteiger partial charge is 0.480 e. The van der Waals surface area contributed by atoms with E-state index < -0.39 is 37.1 Å². The van der Waals surface area contributed by atoms with Crippen molar-refractivity contribution < 1.29 is 32.6 Å². The highest BCUT2D eigenvalue weighted by Gasteiger charge is 2.35. The van der Waals surface area contributed by atoms with Crippen LogP contribution in [-0.2, 0) is 9.53 Å². The Morgan fingerprint density at radius 2 is 1.59 bits per heavy atom. The Hall–Kier alpha value is -3.03. The SMILES string of the molecule is CN(C(=O)OCC1c2ccccc2-c2ccccc21)C(CCC(F)(F)F)C(=O)O. The van der Waals surface area contributed by atoms with Gasteiger partial charge in [0.2, 0.25) is 0 Å². The van der Waals surface area contributed by atoms with Crippen molar-refractivity contribution in [1.29, 1.82) is 0 Å². The molecule has 154 valence electrons. The third kappa shape index (κ3) is 4.52. The number of halogens is 3. The quantitative estimate of drug-likeness (QED) is 0.756. The van der Waals surface area contributed by atoms with Crippen molar-refractivity contribution in [2.45, 2.75) is 31.0 Å². The molecule has 5 nitrogen and oxygen atoms in total. The van der Waals surface area contributed by atoms with Crippen molar-refractivity contribution in [3.05, 3.63) is 59.7 Å². The van der Waals surface area contributed by atoms with Crippen LogP contribution in [0.1, 0.15) is 29.9 Å². The Kier molecular flexibility index (Phi) is 5.81. The average molecular weight is 407 g/mol. The zero-order valence-electron chi connectivity index (χ0n) is 15.6. The van der Waals surface area contributed by atoms with Crippen LogP contribution in [0, 0.1) is 0 Å². The summed E-state index contributed by atoms with van der Waals surface area (Å²) in [5.41, 5.74) is 4.03. The molecular formula is C21H20F3NO4. The van der Waals surface area contributed by atoms with Gasteiger partial charge in [0.25, 0.3) is 0 Å². The first-order valence-electron chi connectivity index (χ1n) is 9.06. The number of rotatable bonds is 6. The smallest absolute Gasteiger partial charge is 0.410 e. The van der Waals surface area contributed by atoms with E-state index in [-0.39, 0.29) is 12.5 Å². The van der Waals surface area contributed by atoms with Gasteiger partial charge in [-0.3, -0.25) is 4.90 Å². The molecule has 1 aliphatic rings. The summed E-state index contributed by atoms with van der Waals surface area (Å²) in [4.78, 5) is 24.4. The van der Waals surface area contributed by atoms with Gasteiger partial charge < -0.3 is 9.84 Å². The fourth-order valence-corrected chi connectivity index (χ4v) is 3.61. The molecule has 2 aromatic rings. The number of ether oxygens (including phenoxy) is 1. The Bertz CT molecular complexity index is 867. The molecule has 0 radical (unpaired) electrons. The van der Waals surface area contributed by atoms with E-state index in [0.717, 1.165) is 29.3 Å². The van der Waals surface area contributed by atoms with Crippen molar-refractivity contribution in [1.82, 2.24) is 4.90 Å². The van der Waals surface area contributed by atoms with Gasteiger partial charge in [-0.05, 0) is 28.7 Å².